The molecule has 1 heterocycles. The molecule has 6 nitrogen and oxygen atoms in total. The lowest BCUT2D eigenvalue weighted by molar-refractivity contribution is -0.153. The summed E-state index contributed by atoms with van der Waals surface area (Å²) in [4.78, 5) is 26.6. The van der Waals surface area contributed by atoms with Gasteiger partial charge in [-0.25, -0.2) is 0 Å². The van der Waals surface area contributed by atoms with Gasteiger partial charge in [-0.2, -0.15) is 0 Å². The Kier molecular flexibility index (Phi) is 6.50. The van der Waals surface area contributed by atoms with Gasteiger partial charge < -0.3 is 14.8 Å². The van der Waals surface area contributed by atoms with E-state index in [1.54, 1.807) is 0 Å². The lowest BCUT2D eigenvalue weighted by Crippen LogP contribution is -2.52. The number of esters is 2. The average Bonchev–Trinajstić information content (AvgIpc) is 3.36. The van der Waals surface area contributed by atoms with Crippen molar-refractivity contribution in [1.82, 2.24) is 10.2 Å². The van der Waals surface area contributed by atoms with E-state index >= 15 is 0 Å². The Morgan fingerprint density at radius 2 is 1.79 bits per heavy atom. The van der Waals surface area contributed by atoms with Crippen molar-refractivity contribution >= 4 is 11.9 Å². The van der Waals surface area contributed by atoms with Gasteiger partial charge in [0.25, 0.3) is 0 Å². The molecular formula is C23H32N2O4. The summed E-state index contributed by atoms with van der Waals surface area (Å²) in [5.41, 5.74) is 1.03. The molecule has 1 saturated heterocycles. The highest BCUT2D eigenvalue weighted by Gasteiger charge is 2.52. The van der Waals surface area contributed by atoms with E-state index in [0.717, 1.165) is 44.3 Å². The molecule has 1 N–H and O–H groups in total. The lowest BCUT2D eigenvalue weighted by Gasteiger charge is -2.37. The number of benzene rings is 1. The van der Waals surface area contributed by atoms with Crippen LogP contribution in [0.1, 0.15) is 37.7 Å². The van der Waals surface area contributed by atoms with E-state index in [9.17, 15) is 9.59 Å². The molecule has 0 radical (unpaired) electrons. The Bertz CT molecular complexity index is 702. The summed E-state index contributed by atoms with van der Waals surface area (Å²) >= 11 is 0. The molecule has 0 unspecified atom stereocenters. The van der Waals surface area contributed by atoms with Crippen molar-refractivity contribution in [3.63, 3.8) is 0 Å². The fourth-order valence-corrected chi connectivity index (χ4v) is 5.47. The Balaban J connectivity index is 1.30. The highest BCUT2D eigenvalue weighted by molar-refractivity contribution is 5.74. The molecule has 4 atom stereocenters. The van der Waals surface area contributed by atoms with Gasteiger partial charge in [0.1, 0.15) is 6.61 Å². The Morgan fingerprint density at radius 1 is 1.07 bits per heavy atom. The van der Waals surface area contributed by atoms with E-state index in [1.807, 2.05) is 30.3 Å². The highest BCUT2D eigenvalue weighted by atomic mass is 16.5. The van der Waals surface area contributed by atoms with Gasteiger partial charge in [0.05, 0.1) is 19.6 Å². The minimum Gasteiger partial charge on any atom is -0.468 e. The minimum absolute atomic E-state index is 0.0226. The van der Waals surface area contributed by atoms with Gasteiger partial charge in [-0.05, 0) is 49.5 Å². The van der Waals surface area contributed by atoms with Crippen LogP contribution in [0.2, 0.25) is 0 Å². The number of nitrogens with zero attached hydrogens (tertiary/aromatic N) is 1. The fraction of sp³-hybridized carbons (Fsp3) is 0.652. The highest BCUT2D eigenvalue weighted by Crippen LogP contribution is 2.49. The number of likely N-dealkylation sites (tertiary alicyclic amines) is 1. The first kappa shape index (κ1) is 20.4. The van der Waals surface area contributed by atoms with Crippen LogP contribution in [0, 0.1) is 17.8 Å². The number of fused-ring (bicyclic) bond motifs is 2. The van der Waals surface area contributed by atoms with E-state index in [-0.39, 0.29) is 23.9 Å². The molecule has 2 saturated carbocycles. The maximum absolute atomic E-state index is 12.9. The first-order chi connectivity index (χ1) is 14.1. The molecule has 0 amide bonds. The molecule has 4 rings (SSSR count). The standard InChI is InChI=1S/C23H32N2O4/c1-28-20(26)14-25-11-9-19(10-12-25)24-22-18-8-7-17(13-18)21(22)23(27)29-15-16-5-3-2-4-6-16/h2-6,17-19,21-22,24H,7-15H2,1H3/t17-,18-,21-,22+/m0/s1. The largest absolute Gasteiger partial charge is 0.468 e. The fourth-order valence-electron chi connectivity index (χ4n) is 5.47. The number of carbonyl (C=O) groups excluding carboxylic acids is 2. The lowest BCUT2D eigenvalue weighted by atomic mass is 9.83. The molecule has 0 spiro atoms. The molecule has 2 bridgehead atoms. The predicted octanol–water partition coefficient (Wildman–Crippen LogP) is 2.37. The molecule has 0 aromatic heterocycles. The number of carbonyl (C=O) groups is 2. The third-order valence-corrected chi connectivity index (χ3v) is 7.01. The zero-order chi connectivity index (χ0) is 20.2. The van der Waals surface area contributed by atoms with E-state index in [2.05, 4.69) is 10.2 Å². The molecule has 1 aromatic carbocycles. The molecular weight excluding hydrogens is 368 g/mol. The maximum atomic E-state index is 12.9. The van der Waals surface area contributed by atoms with E-state index in [1.165, 1.54) is 13.5 Å². The van der Waals surface area contributed by atoms with Crippen molar-refractivity contribution in [1.29, 1.82) is 0 Å². The molecule has 3 fully saturated rings. The van der Waals surface area contributed by atoms with Gasteiger partial charge in [0, 0.05) is 25.2 Å². The van der Waals surface area contributed by atoms with Gasteiger partial charge in [-0.1, -0.05) is 30.3 Å². The SMILES string of the molecule is COC(=O)CN1CCC(N[C@@H]2[C@H]3CC[C@@H](C3)[C@@H]2C(=O)OCc2ccccc2)CC1. The number of nitrogens with one attached hydrogen (secondary N) is 1. The molecule has 6 heteroatoms. The van der Waals surface area contributed by atoms with E-state index < -0.39 is 0 Å². The first-order valence-corrected chi connectivity index (χ1v) is 10.9. The van der Waals surface area contributed by atoms with Crippen LogP contribution in [-0.2, 0) is 25.7 Å². The number of methoxy groups -OCH3 is 1. The van der Waals surface area contributed by atoms with Crippen molar-refractivity contribution in [2.75, 3.05) is 26.7 Å². The number of hydrogen-bond donors (Lipinski definition) is 1. The van der Waals surface area contributed by atoms with Crippen LogP contribution in [0.4, 0.5) is 0 Å². The van der Waals surface area contributed by atoms with Crippen LogP contribution in [-0.4, -0.2) is 55.7 Å². The number of ether oxygens (including phenoxy) is 2. The second-order valence-corrected chi connectivity index (χ2v) is 8.77. The molecule has 29 heavy (non-hydrogen) atoms. The van der Waals surface area contributed by atoms with Crippen LogP contribution in [0.15, 0.2) is 30.3 Å². The summed E-state index contributed by atoms with van der Waals surface area (Å²) in [5, 5.41) is 3.82. The number of hydrogen-bond acceptors (Lipinski definition) is 6. The zero-order valence-electron chi connectivity index (χ0n) is 17.2. The third kappa shape index (κ3) is 4.81. The summed E-state index contributed by atoms with van der Waals surface area (Å²) in [5.74, 6) is 0.806. The number of rotatable bonds is 7. The van der Waals surface area contributed by atoms with Gasteiger partial charge in [-0.3, -0.25) is 14.5 Å². The molecule has 3 aliphatic rings. The van der Waals surface area contributed by atoms with E-state index in [4.69, 9.17) is 9.47 Å². The van der Waals surface area contributed by atoms with Gasteiger partial charge in [0.2, 0.25) is 0 Å². The summed E-state index contributed by atoms with van der Waals surface area (Å²) in [6.07, 6.45) is 5.49. The minimum atomic E-state index is -0.175. The summed E-state index contributed by atoms with van der Waals surface area (Å²) in [7, 11) is 1.43. The monoisotopic (exact) mass is 400 g/mol. The van der Waals surface area contributed by atoms with Gasteiger partial charge in [-0.15, -0.1) is 0 Å². The maximum Gasteiger partial charge on any atom is 0.319 e. The van der Waals surface area contributed by atoms with Crippen LogP contribution in [0.25, 0.3) is 0 Å². The second kappa shape index (κ2) is 9.26. The van der Waals surface area contributed by atoms with Crippen LogP contribution in [0.5, 0.6) is 0 Å². The second-order valence-electron chi connectivity index (χ2n) is 8.77. The molecule has 2 aliphatic carbocycles. The zero-order valence-corrected chi connectivity index (χ0v) is 17.2. The van der Waals surface area contributed by atoms with Crippen molar-refractivity contribution in [3.8, 4) is 0 Å². The smallest absolute Gasteiger partial charge is 0.319 e. The first-order valence-electron chi connectivity index (χ1n) is 10.9. The Hall–Kier alpha value is -1.92. The third-order valence-electron chi connectivity index (χ3n) is 7.01. The predicted molar refractivity (Wildman–Crippen MR) is 109 cm³/mol. The topological polar surface area (TPSA) is 67.9 Å². The Morgan fingerprint density at radius 3 is 2.52 bits per heavy atom. The van der Waals surface area contributed by atoms with Crippen molar-refractivity contribution in [2.45, 2.75) is 50.8 Å². The van der Waals surface area contributed by atoms with Crippen molar-refractivity contribution in [3.05, 3.63) is 35.9 Å². The van der Waals surface area contributed by atoms with Gasteiger partial charge in [0.15, 0.2) is 0 Å². The molecule has 1 aromatic rings. The Labute approximate surface area is 172 Å². The van der Waals surface area contributed by atoms with Crippen LogP contribution in [0.3, 0.4) is 0 Å². The average molecular weight is 401 g/mol. The van der Waals surface area contributed by atoms with Crippen molar-refractivity contribution < 1.29 is 19.1 Å². The molecule has 158 valence electrons. The quantitative estimate of drug-likeness (QED) is 0.709. The van der Waals surface area contributed by atoms with Crippen LogP contribution < -0.4 is 5.32 Å². The van der Waals surface area contributed by atoms with E-state index in [0.29, 0.717) is 31.0 Å². The molecule has 1 aliphatic heterocycles. The normalized spacial score (nSPS) is 29.7. The summed E-state index contributed by atoms with van der Waals surface area (Å²) in [6.45, 7) is 2.49. The van der Waals surface area contributed by atoms with Crippen molar-refractivity contribution in [2.24, 2.45) is 17.8 Å². The summed E-state index contributed by atoms with van der Waals surface area (Å²) in [6, 6.07) is 10.5. The van der Waals surface area contributed by atoms with Gasteiger partial charge >= 0.3 is 11.9 Å². The summed E-state index contributed by atoms with van der Waals surface area (Å²) < 4.78 is 10.5. The number of piperidine rings is 1. The van der Waals surface area contributed by atoms with Crippen LogP contribution >= 0.6 is 0 Å².